The third kappa shape index (κ3) is 3.06. The van der Waals surface area contributed by atoms with Crippen LogP contribution in [0.25, 0.3) is 0 Å². The lowest BCUT2D eigenvalue weighted by molar-refractivity contribution is -0.135. The Labute approximate surface area is 71.4 Å². The first-order chi connectivity index (χ1) is 5.29. The van der Waals surface area contributed by atoms with Gasteiger partial charge >= 0.3 is 0 Å². The zero-order chi connectivity index (χ0) is 9.41. The molecule has 1 aliphatic heterocycles. The second-order valence-corrected chi connectivity index (χ2v) is 4.70. The van der Waals surface area contributed by atoms with E-state index < -0.39 is 27.8 Å². The molecule has 0 aliphatic carbocycles. The van der Waals surface area contributed by atoms with E-state index in [-0.39, 0.29) is 6.61 Å². The Kier molecular flexibility index (Phi) is 2.44. The van der Waals surface area contributed by atoms with Gasteiger partial charge in [0.25, 0.3) is 10.1 Å². The highest BCUT2D eigenvalue weighted by atomic mass is 32.2. The zero-order valence-corrected chi connectivity index (χ0v) is 7.80. The largest absolute Gasteiger partial charge is 0.348 e. The highest BCUT2D eigenvalue weighted by Gasteiger charge is 2.34. The van der Waals surface area contributed by atoms with Gasteiger partial charge in [-0.1, -0.05) is 0 Å². The van der Waals surface area contributed by atoms with Crippen molar-refractivity contribution in [2.75, 3.05) is 12.4 Å². The molecule has 1 N–H and O–H groups in total. The molecule has 0 aromatic rings. The fourth-order valence-corrected chi connectivity index (χ4v) is 1.71. The summed E-state index contributed by atoms with van der Waals surface area (Å²) in [4.78, 5) is 0. The van der Waals surface area contributed by atoms with E-state index in [1.807, 2.05) is 0 Å². The summed E-state index contributed by atoms with van der Waals surface area (Å²) in [5, 5.41) is 0. The topological polar surface area (TPSA) is 72.8 Å². The van der Waals surface area contributed by atoms with Gasteiger partial charge in [0, 0.05) is 0 Å². The van der Waals surface area contributed by atoms with Crippen LogP contribution in [0.15, 0.2) is 0 Å². The maximum Gasteiger partial charge on any atom is 0.267 e. The Balaban J connectivity index is 2.49. The fourth-order valence-electron chi connectivity index (χ4n) is 1.08. The monoisotopic (exact) mass is 196 g/mol. The van der Waals surface area contributed by atoms with E-state index in [2.05, 4.69) is 0 Å². The molecule has 0 saturated carbocycles. The second-order valence-electron chi connectivity index (χ2n) is 3.20. The van der Waals surface area contributed by atoms with Crippen molar-refractivity contribution in [3.05, 3.63) is 0 Å². The van der Waals surface area contributed by atoms with Crippen molar-refractivity contribution in [2.45, 2.75) is 25.7 Å². The molecule has 0 radical (unpaired) electrons. The molecule has 1 fully saturated rings. The molecule has 0 bridgehead atoms. The summed E-state index contributed by atoms with van der Waals surface area (Å²) in [7, 11) is -3.96. The van der Waals surface area contributed by atoms with Crippen molar-refractivity contribution >= 4 is 10.1 Å². The van der Waals surface area contributed by atoms with Gasteiger partial charge in [0.05, 0.1) is 6.61 Å². The van der Waals surface area contributed by atoms with Gasteiger partial charge in [0.2, 0.25) is 0 Å². The predicted molar refractivity (Wildman–Crippen MR) is 41.3 cm³/mol. The smallest absolute Gasteiger partial charge is 0.267 e. The van der Waals surface area contributed by atoms with E-state index >= 15 is 0 Å². The van der Waals surface area contributed by atoms with Crippen LogP contribution >= 0.6 is 0 Å². The summed E-state index contributed by atoms with van der Waals surface area (Å²) in [6, 6.07) is 0. The van der Waals surface area contributed by atoms with Crippen LogP contribution in [0.1, 0.15) is 13.8 Å². The number of ether oxygens (including phenoxy) is 2. The number of hydrogen-bond acceptors (Lipinski definition) is 4. The lowest BCUT2D eigenvalue weighted by Gasteiger charge is -2.16. The predicted octanol–water partition coefficient (Wildman–Crippen LogP) is 0.0257. The van der Waals surface area contributed by atoms with Crippen LogP contribution < -0.4 is 0 Å². The molecule has 0 spiro atoms. The third-order valence-corrected chi connectivity index (χ3v) is 2.26. The summed E-state index contributed by atoms with van der Waals surface area (Å²) < 4.78 is 39.6. The second kappa shape index (κ2) is 2.95. The van der Waals surface area contributed by atoms with Gasteiger partial charge in [-0.15, -0.1) is 0 Å². The van der Waals surface area contributed by atoms with Crippen LogP contribution in [0.3, 0.4) is 0 Å². The van der Waals surface area contributed by atoms with Crippen LogP contribution in [0.5, 0.6) is 0 Å². The van der Waals surface area contributed by atoms with Gasteiger partial charge in [-0.2, -0.15) is 8.42 Å². The normalized spacial score (nSPS) is 29.1. The van der Waals surface area contributed by atoms with E-state index in [0.717, 1.165) is 0 Å². The van der Waals surface area contributed by atoms with Crippen LogP contribution in [0.4, 0.5) is 0 Å². The van der Waals surface area contributed by atoms with Crippen LogP contribution in [-0.4, -0.2) is 37.2 Å². The maximum absolute atomic E-state index is 10.4. The first-order valence-electron chi connectivity index (χ1n) is 3.55. The molecular weight excluding hydrogens is 184 g/mol. The Morgan fingerprint density at radius 3 is 2.50 bits per heavy atom. The van der Waals surface area contributed by atoms with Gasteiger partial charge in [-0.05, 0) is 13.8 Å². The molecule has 0 unspecified atom stereocenters. The van der Waals surface area contributed by atoms with Crippen LogP contribution in [0, 0.1) is 0 Å². The van der Waals surface area contributed by atoms with Crippen molar-refractivity contribution < 1.29 is 22.4 Å². The average Bonchev–Trinajstić information content (AvgIpc) is 2.05. The van der Waals surface area contributed by atoms with Crippen molar-refractivity contribution in [1.29, 1.82) is 0 Å². The summed E-state index contributed by atoms with van der Waals surface area (Å²) in [6.45, 7) is 3.58. The highest BCUT2D eigenvalue weighted by molar-refractivity contribution is 7.85. The maximum atomic E-state index is 10.4. The summed E-state index contributed by atoms with van der Waals surface area (Å²) >= 11 is 0. The van der Waals surface area contributed by atoms with E-state index in [0.29, 0.717) is 0 Å². The highest BCUT2D eigenvalue weighted by Crippen LogP contribution is 2.22. The minimum absolute atomic E-state index is 0.201. The molecule has 6 heteroatoms. The number of rotatable bonds is 2. The Morgan fingerprint density at radius 2 is 2.17 bits per heavy atom. The lowest BCUT2D eigenvalue weighted by atomic mass is 10.4. The lowest BCUT2D eigenvalue weighted by Crippen LogP contribution is -2.26. The van der Waals surface area contributed by atoms with Crippen LogP contribution in [0.2, 0.25) is 0 Å². The van der Waals surface area contributed by atoms with E-state index in [1.54, 1.807) is 13.8 Å². The molecule has 1 heterocycles. The zero-order valence-electron chi connectivity index (χ0n) is 6.98. The van der Waals surface area contributed by atoms with Gasteiger partial charge in [0.1, 0.15) is 11.9 Å². The molecule has 1 rings (SSSR count). The van der Waals surface area contributed by atoms with Gasteiger partial charge in [-0.25, -0.2) is 0 Å². The van der Waals surface area contributed by atoms with Crippen LogP contribution in [-0.2, 0) is 19.6 Å². The molecule has 0 aromatic carbocycles. The fraction of sp³-hybridized carbons (Fsp3) is 1.00. The SMILES string of the molecule is CC1(C)OC[C@H](CS(=O)(=O)O)O1. The van der Waals surface area contributed by atoms with Crippen molar-refractivity contribution in [2.24, 2.45) is 0 Å². The summed E-state index contributed by atoms with van der Waals surface area (Å²) in [5.41, 5.74) is 0. The molecule has 1 saturated heterocycles. The quantitative estimate of drug-likeness (QED) is 0.630. The Hall–Kier alpha value is -0.170. The van der Waals surface area contributed by atoms with Gasteiger partial charge in [0.15, 0.2) is 5.79 Å². The Bertz CT molecular complexity index is 255. The molecule has 0 aromatic heterocycles. The minimum Gasteiger partial charge on any atom is -0.348 e. The van der Waals surface area contributed by atoms with E-state index in [1.165, 1.54) is 0 Å². The van der Waals surface area contributed by atoms with Crippen molar-refractivity contribution in [1.82, 2.24) is 0 Å². The standard InChI is InChI=1S/C6H12O5S/c1-6(2)10-3-5(11-6)4-12(7,8)9/h5H,3-4H2,1-2H3,(H,7,8,9)/t5-/m1/s1. The Morgan fingerprint density at radius 1 is 1.58 bits per heavy atom. The average molecular weight is 196 g/mol. The first kappa shape index (κ1) is 9.91. The van der Waals surface area contributed by atoms with Crippen molar-refractivity contribution in [3.63, 3.8) is 0 Å². The molecule has 0 amide bonds. The third-order valence-electron chi connectivity index (χ3n) is 1.46. The molecule has 5 nitrogen and oxygen atoms in total. The molecule has 1 aliphatic rings. The van der Waals surface area contributed by atoms with Gasteiger partial charge in [-0.3, -0.25) is 4.55 Å². The minimum atomic E-state index is -3.96. The van der Waals surface area contributed by atoms with E-state index in [9.17, 15) is 8.42 Å². The van der Waals surface area contributed by atoms with E-state index in [4.69, 9.17) is 14.0 Å². The first-order valence-corrected chi connectivity index (χ1v) is 5.16. The summed E-state index contributed by atoms with van der Waals surface area (Å²) in [5.74, 6) is -1.15. The molecular formula is C6H12O5S. The van der Waals surface area contributed by atoms with Crippen molar-refractivity contribution in [3.8, 4) is 0 Å². The van der Waals surface area contributed by atoms with Gasteiger partial charge < -0.3 is 9.47 Å². The number of hydrogen-bond donors (Lipinski definition) is 1. The summed E-state index contributed by atoms with van der Waals surface area (Å²) in [6.07, 6.45) is -0.560. The molecule has 1 atom stereocenters. The molecule has 12 heavy (non-hydrogen) atoms. The molecule has 72 valence electrons.